The number of benzene rings is 2. The number of anilines is 1. The maximum atomic E-state index is 12.9. The number of rotatable bonds is 4. The van der Waals surface area contributed by atoms with Crippen molar-refractivity contribution in [2.45, 2.75) is 12.2 Å². The molecule has 1 fully saturated rings. The number of carbonyl (C=O) groups is 1. The number of halogens is 4. The van der Waals surface area contributed by atoms with Gasteiger partial charge in [0.15, 0.2) is 11.7 Å². The largest absolute Gasteiger partial charge is 0.416 e. The standard InChI is InChI=1S/C21H16F4N4O/c1-12(22)20(30)26-15-10-29(11-15)19-16-4-2-3-5-17(16)27-18(28-19)13-6-8-14(9-7-13)21(23,24)25/h2-9,15H,1,10-11H2,(H,26,30). The number of hydrogen-bond donors (Lipinski definition) is 1. The van der Waals surface area contributed by atoms with E-state index in [9.17, 15) is 22.4 Å². The van der Waals surface area contributed by atoms with Gasteiger partial charge in [-0.05, 0) is 24.3 Å². The van der Waals surface area contributed by atoms with Crippen molar-refractivity contribution in [3.63, 3.8) is 0 Å². The summed E-state index contributed by atoms with van der Waals surface area (Å²) in [5.74, 6) is -1.01. The molecule has 0 unspecified atom stereocenters. The van der Waals surface area contributed by atoms with Gasteiger partial charge in [-0.15, -0.1) is 0 Å². The molecule has 9 heteroatoms. The van der Waals surface area contributed by atoms with Gasteiger partial charge in [0.05, 0.1) is 17.1 Å². The Bertz CT molecular complexity index is 1120. The molecule has 2 heterocycles. The number of hydrogen-bond acceptors (Lipinski definition) is 4. The van der Waals surface area contributed by atoms with Gasteiger partial charge >= 0.3 is 6.18 Å². The highest BCUT2D eigenvalue weighted by Crippen LogP contribution is 2.33. The molecule has 2 aromatic carbocycles. The second-order valence-electron chi connectivity index (χ2n) is 6.94. The van der Waals surface area contributed by atoms with Gasteiger partial charge in [0.25, 0.3) is 5.91 Å². The molecule has 0 spiro atoms. The van der Waals surface area contributed by atoms with E-state index in [2.05, 4.69) is 21.9 Å². The van der Waals surface area contributed by atoms with Crippen LogP contribution in [0.5, 0.6) is 0 Å². The average molecular weight is 416 g/mol. The molecular weight excluding hydrogens is 400 g/mol. The summed E-state index contributed by atoms with van der Waals surface area (Å²) >= 11 is 0. The number of aromatic nitrogens is 2. The molecule has 1 saturated heterocycles. The van der Waals surface area contributed by atoms with Gasteiger partial charge in [-0.2, -0.15) is 13.2 Å². The first-order chi connectivity index (χ1) is 14.2. The fourth-order valence-corrected chi connectivity index (χ4v) is 3.24. The third-order valence-corrected chi connectivity index (χ3v) is 4.82. The zero-order valence-corrected chi connectivity index (χ0v) is 15.6. The van der Waals surface area contributed by atoms with Gasteiger partial charge in [0, 0.05) is 24.0 Å². The highest BCUT2D eigenvalue weighted by atomic mass is 19.4. The Kier molecular flexibility index (Phi) is 4.89. The summed E-state index contributed by atoms with van der Waals surface area (Å²) in [7, 11) is 0. The van der Waals surface area contributed by atoms with Crippen LogP contribution in [0.15, 0.2) is 60.9 Å². The van der Waals surface area contributed by atoms with Crippen LogP contribution in [0.25, 0.3) is 22.3 Å². The highest BCUT2D eigenvalue weighted by Gasteiger charge is 2.32. The maximum absolute atomic E-state index is 12.9. The SMILES string of the molecule is C=C(F)C(=O)NC1CN(c2nc(-c3ccc(C(F)(F)F)cc3)nc3ccccc23)C1. The van der Waals surface area contributed by atoms with Gasteiger partial charge in [0.2, 0.25) is 0 Å². The van der Waals surface area contributed by atoms with E-state index in [4.69, 9.17) is 0 Å². The Labute approximate surface area is 169 Å². The first-order valence-electron chi connectivity index (χ1n) is 9.07. The Morgan fingerprint density at radius 2 is 1.73 bits per heavy atom. The Hall–Kier alpha value is -3.49. The molecule has 1 aliphatic heterocycles. The third kappa shape index (κ3) is 3.83. The fraction of sp³-hybridized carbons (Fsp3) is 0.190. The van der Waals surface area contributed by atoms with E-state index in [1.54, 1.807) is 6.07 Å². The van der Waals surface area contributed by atoms with Crippen molar-refractivity contribution < 1.29 is 22.4 Å². The summed E-state index contributed by atoms with van der Waals surface area (Å²) in [6.45, 7) is 3.79. The molecule has 4 rings (SSSR count). The number of fused-ring (bicyclic) bond motifs is 1. The van der Waals surface area contributed by atoms with Crippen molar-refractivity contribution in [1.82, 2.24) is 15.3 Å². The van der Waals surface area contributed by atoms with E-state index in [-0.39, 0.29) is 6.04 Å². The van der Waals surface area contributed by atoms with Crippen molar-refractivity contribution in [3.8, 4) is 11.4 Å². The Morgan fingerprint density at radius 1 is 1.07 bits per heavy atom. The van der Waals surface area contributed by atoms with E-state index in [0.717, 1.165) is 17.5 Å². The summed E-state index contributed by atoms with van der Waals surface area (Å²) in [6.07, 6.45) is -4.42. The van der Waals surface area contributed by atoms with E-state index >= 15 is 0 Å². The number of nitrogens with one attached hydrogen (secondary N) is 1. The summed E-state index contributed by atoms with van der Waals surface area (Å²) in [6, 6.07) is 11.7. The molecular formula is C21H16F4N4O. The number of amides is 1. The minimum absolute atomic E-state index is 0.256. The van der Waals surface area contributed by atoms with Gasteiger partial charge in [-0.1, -0.05) is 30.8 Å². The molecule has 1 amide bonds. The first-order valence-corrected chi connectivity index (χ1v) is 9.07. The van der Waals surface area contributed by atoms with Gasteiger partial charge in [-0.3, -0.25) is 4.79 Å². The van der Waals surface area contributed by atoms with Crippen LogP contribution in [0.3, 0.4) is 0 Å². The molecule has 30 heavy (non-hydrogen) atoms. The Morgan fingerprint density at radius 3 is 2.37 bits per heavy atom. The third-order valence-electron chi connectivity index (χ3n) is 4.82. The van der Waals surface area contributed by atoms with Crippen LogP contribution in [-0.2, 0) is 11.0 Å². The topological polar surface area (TPSA) is 58.1 Å². The van der Waals surface area contributed by atoms with E-state index in [0.29, 0.717) is 35.8 Å². The van der Waals surface area contributed by atoms with Crippen LogP contribution in [-0.4, -0.2) is 35.0 Å². The second kappa shape index (κ2) is 7.40. The minimum Gasteiger partial charge on any atom is -0.352 e. The summed E-state index contributed by atoms with van der Waals surface area (Å²) in [5.41, 5.74) is 0.346. The molecule has 0 radical (unpaired) electrons. The van der Waals surface area contributed by atoms with Crippen LogP contribution in [0.2, 0.25) is 0 Å². The zero-order valence-electron chi connectivity index (χ0n) is 15.6. The van der Waals surface area contributed by atoms with E-state index in [1.165, 1.54) is 12.1 Å². The van der Waals surface area contributed by atoms with E-state index < -0.39 is 23.5 Å². The van der Waals surface area contributed by atoms with Crippen LogP contribution >= 0.6 is 0 Å². The first kappa shape index (κ1) is 19.8. The zero-order chi connectivity index (χ0) is 21.5. The Balaban J connectivity index is 1.64. The molecule has 0 aliphatic carbocycles. The molecule has 3 aromatic rings. The summed E-state index contributed by atoms with van der Waals surface area (Å²) < 4.78 is 51.4. The predicted octanol–water partition coefficient (Wildman–Crippen LogP) is 4.10. The van der Waals surface area contributed by atoms with E-state index in [1.807, 2.05) is 23.1 Å². The fourth-order valence-electron chi connectivity index (χ4n) is 3.24. The van der Waals surface area contributed by atoms with Crippen molar-refractivity contribution >= 4 is 22.6 Å². The van der Waals surface area contributed by atoms with Crippen LogP contribution in [0.1, 0.15) is 5.56 Å². The molecule has 1 aromatic heterocycles. The predicted molar refractivity (Wildman–Crippen MR) is 104 cm³/mol. The molecule has 154 valence electrons. The lowest BCUT2D eigenvalue weighted by Crippen LogP contribution is -2.59. The second-order valence-corrected chi connectivity index (χ2v) is 6.94. The highest BCUT2D eigenvalue weighted by molar-refractivity contribution is 5.93. The van der Waals surface area contributed by atoms with Crippen LogP contribution in [0, 0.1) is 0 Å². The van der Waals surface area contributed by atoms with Crippen molar-refractivity contribution in [1.29, 1.82) is 0 Å². The van der Waals surface area contributed by atoms with Gasteiger partial charge in [0.1, 0.15) is 5.82 Å². The number of carbonyl (C=O) groups excluding carboxylic acids is 1. The number of alkyl halides is 3. The molecule has 1 aliphatic rings. The monoisotopic (exact) mass is 416 g/mol. The molecule has 0 bridgehead atoms. The number of nitrogens with zero attached hydrogens (tertiary/aromatic N) is 3. The molecule has 1 N–H and O–H groups in total. The van der Waals surface area contributed by atoms with Crippen molar-refractivity contribution in [2.75, 3.05) is 18.0 Å². The van der Waals surface area contributed by atoms with Gasteiger partial charge in [-0.25, -0.2) is 14.4 Å². The van der Waals surface area contributed by atoms with Crippen molar-refractivity contribution in [2.24, 2.45) is 0 Å². The van der Waals surface area contributed by atoms with Gasteiger partial charge < -0.3 is 10.2 Å². The quantitative estimate of drug-likeness (QED) is 0.514. The lowest BCUT2D eigenvalue weighted by atomic mass is 10.1. The summed E-state index contributed by atoms with van der Waals surface area (Å²) in [5, 5.41) is 3.30. The van der Waals surface area contributed by atoms with Crippen LogP contribution < -0.4 is 10.2 Å². The van der Waals surface area contributed by atoms with Crippen molar-refractivity contribution in [3.05, 3.63) is 66.5 Å². The molecule has 5 nitrogen and oxygen atoms in total. The maximum Gasteiger partial charge on any atom is 0.416 e. The molecule has 0 atom stereocenters. The average Bonchev–Trinajstić information content (AvgIpc) is 2.69. The normalized spacial score (nSPS) is 14.5. The smallest absolute Gasteiger partial charge is 0.352 e. The number of para-hydroxylation sites is 1. The molecule has 0 saturated carbocycles. The van der Waals surface area contributed by atoms with Crippen LogP contribution in [0.4, 0.5) is 23.4 Å². The summed E-state index contributed by atoms with van der Waals surface area (Å²) in [4.78, 5) is 22.4. The lowest BCUT2D eigenvalue weighted by Gasteiger charge is -2.40. The lowest BCUT2D eigenvalue weighted by molar-refractivity contribution is -0.137. The minimum atomic E-state index is -4.42.